The first-order valence-electron chi connectivity index (χ1n) is 21.4. The normalized spacial score (nSPS) is 11.5. The Morgan fingerprint density at radius 2 is 1.24 bits per heavy atom. The molecule has 5 rings (SSSR count). The maximum Gasteiger partial charge on any atom is 0.345 e. The molecule has 3 aromatic carbocycles. The lowest BCUT2D eigenvalue weighted by atomic mass is 10.0. The molecule has 19 nitrogen and oxygen atoms in total. The number of rotatable bonds is 28. The van der Waals surface area contributed by atoms with Gasteiger partial charge in [0.2, 0.25) is 22.8 Å². The summed E-state index contributed by atoms with van der Waals surface area (Å²) in [6, 6.07) is 16.0. The first-order valence-corrected chi connectivity index (χ1v) is 23.0. The number of aromatic hydroxyl groups is 2. The van der Waals surface area contributed by atoms with Gasteiger partial charge >= 0.3 is 11.9 Å². The molecule has 0 saturated carbocycles. The van der Waals surface area contributed by atoms with Crippen molar-refractivity contribution >= 4 is 49.8 Å². The van der Waals surface area contributed by atoms with Gasteiger partial charge in [0.15, 0.2) is 6.54 Å². The Bertz CT molecular complexity index is 2440. The Morgan fingerprint density at radius 1 is 0.697 bits per heavy atom. The largest absolute Gasteiger partial charge is 0.492 e. The van der Waals surface area contributed by atoms with Gasteiger partial charge in [-0.05, 0) is 74.2 Å². The number of aryl methyl sites for hydroxylation is 3. The van der Waals surface area contributed by atoms with E-state index in [1.807, 2.05) is 4.57 Å². The van der Waals surface area contributed by atoms with E-state index in [1.54, 1.807) is 76.6 Å². The van der Waals surface area contributed by atoms with E-state index in [0.29, 0.717) is 107 Å². The number of hydrogen-bond acceptors (Lipinski definition) is 15. The van der Waals surface area contributed by atoms with E-state index in [9.17, 15) is 37.6 Å². The number of unbranched alkanes of at least 4 members (excludes halogenated alkanes) is 2. The zero-order valence-electron chi connectivity index (χ0n) is 37.5. The van der Waals surface area contributed by atoms with Crippen LogP contribution in [0.3, 0.4) is 0 Å². The number of methoxy groups -OCH3 is 2. The first kappa shape index (κ1) is 51.0. The summed E-state index contributed by atoms with van der Waals surface area (Å²) in [5, 5.41) is 23.0. The van der Waals surface area contributed by atoms with Crippen molar-refractivity contribution in [1.29, 1.82) is 0 Å². The van der Waals surface area contributed by atoms with Gasteiger partial charge in [0.05, 0.1) is 61.7 Å². The minimum Gasteiger partial charge on any atom is -0.492 e. The molecular weight excluding hydrogens is 883 g/mol. The first-order chi connectivity index (χ1) is 31.7. The predicted molar refractivity (Wildman–Crippen MR) is 240 cm³/mol. The number of esters is 1. The molecule has 0 bridgehead atoms. The van der Waals surface area contributed by atoms with Gasteiger partial charge in [-0.3, -0.25) is 9.35 Å². The van der Waals surface area contributed by atoms with Crippen molar-refractivity contribution in [1.82, 2.24) is 10.0 Å². The Hall–Kier alpha value is -6.03. The fourth-order valence-electron chi connectivity index (χ4n) is 7.05. The molecule has 4 N–H and O–H groups in total. The van der Waals surface area contributed by atoms with E-state index in [2.05, 4.69) is 5.32 Å². The number of amides is 1. The second-order valence-electron chi connectivity index (χ2n) is 15.1. The van der Waals surface area contributed by atoms with Crippen molar-refractivity contribution in [3.05, 3.63) is 82.9 Å². The summed E-state index contributed by atoms with van der Waals surface area (Å²) in [5.74, 6) is -1.89. The van der Waals surface area contributed by atoms with E-state index >= 15 is 0 Å². The number of ether oxygens (including phenoxy) is 7. The number of nitrogens with zero attached hydrogens (tertiary/aromatic N) is 2. The number of pyridine rings is 1. The van der Waals surface area contributed by atoms with Crippen LogP contribution >= 0.6 is 0 Å². The fraction of sp³-hybridized carbons (Fsp3) is 0.435. The zero-order chi connectivity index (χ0) is 47.6. The highest BCUT2D eigenvalue weighted by Crippen LogP contribution is 2.33. The summed E-state index contributed by atoms with van der Waals surface area (Å²) in [6.07, 6.45) is 1.71. The number of carbonyl (C=O) groups is 3. The molecule has 358 valence electrons. The van der Waals surface area contributed by atoms with E-state index in [-0.39, 0.29) is 63.0 Å². The molecule has 1 amide bonds. The topological polar surface area (TPSA) is 241 Å². The van der Waals surface area contributed by atoms with Crippen molar-refractivity contribution in [2.45, 2.75) is 52.5 Å². The second kappa shape index (κ2) is 25.0. The fourth-order valence-corrected chi connectivity index (χ4v) is 7.55. The molecule has 0 atom stereocenters. The van der Waals surface area contributed by atoms with Crippen LogP contribution in [0.25, 0.3) is 21.8 Å². The third kappa shape index (κ3) is 14.7. The maximum absolute atomic E-state index is 14.7. The summed E-state index contributed by atoms with van der Waals surface area (Å²) in [4.78, 5) is 45.0. The van der Waals surface area contributed by atoms with Crippen molar-refractivity contribution in [2.24, 2.45) is 0 Å². The van der Waals surface area contributed by atoms with Gasteiger partial charge < -0.3 is 53.5 Å². The van der Waals surface area contributed by atoms with Crippen LogP contribution in [-0.2, 0) is 40.4 Å². The summed E-state index contributed by atoms with van der Waals surface area (Å²) in [7, 11) is -1.11. The number of nitrogens with one attached hydrogen (secondary N) is 1. The molecule has 0 unspecified atom stereocenters. The molecule has 5 aromatic rings. The lowest BCUT2D eigenvalue weighted by molar-refractivity contribution is -0.645. The Morgan fingerprint density at radius 3 is 1.77 bits per heavy atom. The highest BCUT2D eigenvalue weighted by atomic mass is 32.2. The van der Waals surface area contributed by atoms with Crippen molar-refractivity contribution in [2.75, 3.05) is 79.4 Å². The molecule has 2 heterocycles. The molecule has 2 aromatic heterocycles. The molecule has 0 spiro atoms. The van der Waals surface area contributed by atoms with Crippen molar-refractivity contribution in [3.8, 4) is 29.0 Å². The molecule has 0 fully saturated rings. The standard InChI is InChI=1S/C46H57N3O16S/c1-31-27-33(45(53)47-16-7-5-6-9-42(52)65-49-40(50)14-15-41(49)51)28-32(2)44(31)64-46(54)43-36-29-34(62-24-22-60-20-18-58-3)10-12-38(36)48(17-8-26-66(55,56)57)39-13-11-35(30-37(39)43)63-25-23-61-21-19-59-4/h10-15,27-30H,5-9,16-26H2,1-4H3,(H3,47,53,54,55,56,57)/p+1. The van der Waals surface area contributed by atoms with E-state index in [1.165, 1.54) is 12.1 Å². The molecule has 0 radical (unpaired) electrons. The van der Waals surface area contributed by atoms with Gasteiger partial charge in [0, 0.05) is 63.4 Å². The number of aromatic nitrogens is 2. The van der Waals surface area contributed by atoms with Crippen molar-refractivity contribution in [3.63, 3.8) is 0 Å². The van der Waals surface area contributed by atoms with Crippen molar-refractivity contribution < 1.29 is 80.1 Å². The maximum atomic E-state index is 14.7. The van der Waals surface area contributed by atoms with E-state index < -0.39 is 39.6 Å². The molecular formula is C46H58N3O16S+. The van der Waals surface area contributed by atoms with Crippen LogP contribution in [-0.4, -0.2) is 125 Å². The smallest absolute Gasteiger partial charge is 0.345 e. The minimum atomic E-state index is -4.26. The lowest BCUT2D eigenvalue weighted by Crippen LogP contribution is -2.37. The van der Waals surface area contributed by atoms with Crippen LogP contribution in [0.5, 0.6) is 29.0 Å². The number of carbonyl (C=O) groups excluding carboxylic acids is 3. The molecule has 0 saturated heterocycles. The quantitative estimate of drug-likeness (QED) is 0.0133. The van der Waals surface area contributed by atoms with Gasteiger partial charge in [-0.15, -0.1) is 4.73 Å². The summed E-state index contributed by atoms with van der Waals surface area (Å²) in [5.41, 5.74) is 2.68. The molecule has 0 aliphatic heterocycles. The number of fused-ring (bicyclic) bond motifs is 2. The lowest BCUT2D eigenvalue weighted by Gasteiger charge is -2.16. The Balaban J connectivity index is 1.39. The number of hydrogen-bond donors (Lipinski definition) is 4. The molecule has 0 aliphatic carbocycles. The second-order valence-corrected chi connectivity index (χ2v) is 16.7. The van der Waals surface area contributed by atoms with Gasteiger partial charge in [-0.1, -0.05) is 6.42 Å². The Labute approximate surface area is 382 Å². The SMILES string of the molecule is COCCOCCOc1ccc2c(c1)c(C(=O)Oc1c(C)cc(C(=O)NCCCCCC(=O)On3c(O)ccc3O)cc1C)c1cc(OCCOCCOC)ccc1[n+]2CCCS(=O)(=O)O. The van der Waals surface area contributed by atoms with Crippen LogP contribution in [0, 0.1) is 13.8 Å². The zero-order valence-corrected chi connectivity index (χ0v) is 38.4. The molecule has 66 heavy (non-hydrogen) atoms. The summed E-state index contributed by atoms with van der Waals surface area (Å²) >= 11 is 0. The molecule has 20 heteroatoms. The van der Waals surface area contributed by atoms with Gasteiger partial charge in [-0.25, -0.2) is 9.59 Å². The summed E-state index contributed by atoms with van der Waals surface area (Å²) in [6.45, 7) is 6.51. The van der Waals surface area contributed by atoms with E-state index in [0.717, 1.165) is 0 Å². The van der Waals surface area contributed by atoms with Gasteiger partial charge in [0.1, 0.15) is 30.5 Å². The van der Waals surface area contributed by atoms with Gasteiger partial charge in [-0.2, -0.15) is 13.0 Å². The average Bonchev–Trinajstić information content (AvgIpc) is 3.59. The van der Waals surface area contributed by atoms with Crippen LogP contribution in [0.2, 0.25) is 0 Å². The minimum absolute atomic E-state index is 0.0370. The third-order valence-electron chi connectivity index (χ3n) is 10.2. The highest BCUT2D eigenvalue weighted by molar-refractivity contribution is 7.85. The third-order valence-corrected chi connectivity index (χ3v) is 11.0. The van der Waals surface area contributed by atoms with Crippen LogP contribution < -0.4 is 28.9 Å². The monoisotopic (exact) mass is 940 g/mol. The van der Waals surface area contributed by atoms with Crippen LogP contribution in [0.4, 0.5) is 0 Å². The summed E-state index contributed by atoms with van der Waals surface area (Å²) < 4.78 is 75.1. The van der Waals surface area contributed by atoms with E-state index in [4.69, 9.17) is 38.0 Å². The van der Waals surface area contributed by atoms with Gasteiger partial charge in [0.25, 0.3) is 16.0 Å². The van der Waals surface area contributed by atoms with Crippen LogP contribution in [0.1, 0.15) is 63.9 Å². The Kier molecular flexibility index (Phi) is 19.3. The average molecular weight is 941 g/mol. The number of benzene rings is 3. The predicted octanol–water partition coefficient (Wildman–Crippen LogP) is 4.64. The molecule has 0 aliphatic rings. The highest BCUT2D eigenvalue weighted by Gasteiger charge is 2.28. The van der Waals surface area contributed by atoms with Crippen LogP contribution in [0.15, 0.2) is 60.7 Å².